The number of aromatic nitrogens is 3. The molecule has 0 bridgehead atoms. The van der Waals surface area contributed by atoms with Crippen LogP contribution in [-0.2, 0) is 0 Å². The first-order valence-corrected chi connectivity index (χ1v) is 8.62. The van der Waals surface area contributed by atoms with Crippen LogP contribution < -0.4 is 0 Å². The van der Waals surface area contributed by atoms with Gasteiger partial charge in [-0.25, -0.2) is 9.67 Å². The maximum absolute atomic E-state index is 6.04. The Kier molecular flexibility index (Phi) is 3.81. The molecule has 0 aliphatic heterocycles. The third-order valence-electron chi connectivity index (χ3n) is 4.56. The van der Waals surface area contributed by atoms with E-state index in [1.807, 2.05) is 73.1 Å². The van der Waals surface area contributed by atoms with Crippen LogP contribution in [0.4, 0.5) is 0 Å². The molecule has 0 N–H and O–H groups in total. The molecule has 4 rings (SSSR count). The van der Waals surface area contributed by atoms with Crippen molar-refractivity contribution in [1.29, 1.82) is 0 Å². The first-order chi connectivity index (χ1) is 12.1. The molecule has 124 valence electrons. The molecule has 0 saturated heterocycles. The van der Waals surface area contributed by atoms with Crippen molar-refractivity contribution in [2.24, 2.45) is 0 Å². The minimum Gasteiger partial charge on any atom is -0.233 e. The Morgan fingerprint density at radius 3 is 2.20 bits per heavy atom. The molecule has 0 saturated carbocycles. The van der Waals surface area contributed by atoms with Crippen molar-refractivity contribution in [3.8, 4) is 16.8 Å². The minimum atomic E-state index is 0.737. The minimum absolute atomic E-state index is 0.737. The Morgan fingerprint density at radius 1 is 0.840 bits per heavy atom. The molecular formula is C21H18ClN3. The third-order valence-corrected chi connectivity index (χ3v) is 4.81. The van der Waals surface area contributed by atoms with Crippen molar-refractivity contribution in [2.45, 2.75) is 20.8 Å². The fraction of sp³-hybridized carbons (Fsp3) is 0.143. The Balaban J connectivity index is 2.01. The summed E-state index contributed by atoms with van der Waals surface area (Å²) in [6.07, 6.45) is 0. The number of benzene rings is 2. The molecule has 0 spiro atoms. The molecule has 0 atom stereocenters. The maximum atomic E-state index is 6.04. The molecule has 0 fully saturated rings. The number of fused-ring (bicyclic) bond motifs is 1. The number of pyridine rings is 1. The fourth-order valence-corrected chi connectivity index (χ4v) is 3.59. The number of hydrogen-bond acceptors (Lipinski definition) is 2. The van der Waals surface area contributed by atoms with Gasteiger partial charge in [-0.3, -0.25) is 0 Å². The zero-order valence-electron chi connectivity index (χ0n) is 14.4. The topological polar surface area (TPSA) is 30.7 Å². The smallest absolute Gasteiger partial charge is 0.163 e. The van der Waals surface area contributed by atoms with Gasteiger partial charge in [0.1, 0.15) is 0 Å². The molecule has 2 aromatic carbocycles. The number of halogens is 1. The van der Waals surface area contributed by atoms with Gasteiger partial charge in [-0.15, -0.1) is 0 Å². The van der Waals surface area contributed by atoms with Gasteiger partial charge in [-0.05, 0) is 56.2 Å². The Morgan fingerprint density at radius 2 is 1.52 bits per heavy atom. The van der Waals surface area contributed by atoms with Crippen molar-refractivity contribution < 1.29 is 0 Å². The van der Waals surface area contributed by atoms with E-state index >= 15 is 0 Å². The lowest BCUT2D eigenvalue weighted by atomic mass is 9.97. The quantitative estimate of drug-likeness (QED) is 0.468. The Bertz CT molecular complexity index is 1060. The zero-order chi connectivity index (χ0) is 17.6. The summed E-state index contributed by atoms with van der Waals surface area (Å²) in [5.41, 5.74) is 7.37. The van der Waals surface area contributed by atoms with Gasteiger partial charge in [-0.1, -0.05) is 41.9 Å². The number of para-hydroxylation sites is 1. The van der Waals surface area contributed by atoms with Gasteiger partial charge in [0.25, 0.3) is 0 Å². The van der Waals surface area contributed by atoms with Crippen LogP contribution in [0, 0.1) is 20.8 Å². The van der Waals surface area contributed by atoms with E-state index in [0.29, 0.717) is 0 Å². The summed E-state index contributed by atoms with van der Waals surface area (Å²) in [5, 5.41) is 6.59. The molecule has 0 radical (unpaired) electrons. The standard InChI is InChI=1S/C21H18ClN3/c1-13-19(16-9-11-17(22)12-10-16)14(2)23-21-20(13)15(3)24-25(21)18-7-5-4-6-8-18/h4-12H,1-3H3. The SMILES string of the molecule is Cc1nc2c(c(C)nn2-c2ccccc2)c(C)c1-c1ccc(Cl)cc1. The number of nitrogens with zero attached hydrogens (tertiary/aromatic N) is 3. The highest BCUT2D eigenvalue weighted by molar-refractivity contribution is 6.30. The monoisotopic (exact) mass is 347 g/mol. The van der Waals surface area contributed by atoms with E-state index in [1.54, 1.807) is 0 Å². The van der Waals surface area contributed by atoms with Gasteiger partial charge in [-0.2, -0.15) is 5.10 Å². The molecule has 0 amide bonds. The highest BCUT2D eigenvalue weighted by atomic mass is 35.5. The lowest BCUT2D eigenvalue weighted by Gasteiger charge is -2.12. The molecule has 3 nitrogen and oxygen atoms in total. The zero-order valence-corrected chi connectivity index (χ0v) is 15.2. The lowest BCUT2D eigenvalue weighted by Crippen LogP contribution is -2.00. The fourth-order valence-electron chi connectivity index (χ4n) is 3.46. The molecule has 0 aliphatic rings. The summed E-state index contributed by atoms with van der Waals surface area (Å²) in [4.78, 5) is 4.90. The van der Waals surface area contributed by atoms with Crippen LogP contribution >= 0.6 is 11.6 Å². The Hall–Kier alpha value is -2.65. The van der Waals surface area contributed by atoms with E-state index in [9.17, 15) is 0 Å². The van der Waals surface area contributed by atoms with Gasteiger partial charge in [0.2, 0.25) is 0 Å². The van der Waals surface area contributed by atoms with Crippen LogP contribution in [-0.4, -0.2) is 14.8 Å². The predicted molar refractivity (Wildman–Crippen MR) is 104 cm³/mol. The maximum Gasteiger partial charge on any atom is 0.163 e. The summed E-state index contributed by atoms with van der Waals surface area (Å²) >= 11 is 6.04. The van der Waals surface area contributed by atoms with Crippen molar-refractivity contribution >= 4 is 22.6 Å². The van der Waals surface area contributed by atoms with Crippen molar-refractivity contribution in [2.75, 3.05) is 0 Å². The van der Waals surface area contributed by atoms with E-state index in [-0.39, 0.29) is 0 Å². The molecular weight excluding hydrogens is 330 g/mol. The number of aryl methyl sites for hydroxylation is 3. The second-order valence-electron chi connectivity index (χ2n) is 6.24. The molecule has 4 aromatic rings. The summed E-state index contributed by atoms with van der Waals surface area (Å²) in [7, 11) is 0. The summed E-state index contributed by atoms with van der Waals surface area (Å²) < 4.78 is 1.93. The van der Waals surface area contributed by atoms with E-state index < -0.39 is 0 Å². The van der Waals surface area contributed by atoms with E-state index in [0.717, 1.165) is 44.3 Å². The Labute approximate surface area is 151 Å². The molecule has 4 heteroatoms. The van der Waals surface area contributed by atoms with Gasteiger partial charge < -0.3 is 0 Å². The van der Waals surface area contributed by atoms with E-state index in [4.69, 9.17) is 21.7 Å². The van der Waals surface area contributed by atoms with Crippen molar-refractivity contribution in [1.82, 2.24) is 14.8 Å². The van der Waals surface area contributed by atoms with Crippen LogP contribution in [0.3, 0.4) is 0 Å². The lowest BCUT2D eigenvalue weighted by molar-refractivity contribution is 0.875. The number of rotatable bonds is 2. The third kappa shape index (κ3) is 2.61. The average molecular weight is 348 g/mol. The van der Waals surface area contributed by atoms with Gasteiger partial charge in [0.15, 0.2) is 5.65 Å². The van der Waals surface area contributed by atoms with Crippen LogP contribution in [0.5, 0.6) is 0 Å². The average Bonchev–Trinajstić information content (AvgIpc) is 2.94. The highest BCUT2D eigenvalue weighted by Gasteiger charge is 2.18. The summed E-state index contributed by atoms with van der Waals surface area (Å²) in [6, 6.07) is 18.0. The summed E-state index contributed by atoms with van der Waals surface area (Å²) in [6.45, 7) is 6.23. The number of hydrogen-bond donors (Lipinski definition) is 0. The molecule has 0 aliphatic carbocycles. The molecule has 2 aromatic heterocycles. The van der Waals surface area contributed by atoms with E-state index in [1.165, 1.54) is 5.56 Å². The van der Waals surface area contributed by atoms with Crippen LogP contribution in [0.2, 0.25) is 5.02 Å². The highest BCUT2D eigenvalue weighted by Crippen LogP contribution is 2.34. The van der Waals surface area contributed by atoms with Crippen LogP contribution in [0.15, 0.2) is 54.6 Å². The molecule has 25 heavy (non-hydrogen) atoms. The van der Waals surface area contributed by atoms with Gasteiger partial charge in [0.05, 0.1) is 11.4 Å². The normalized spacial score (nSPS) is 11.2. The first-order valence-electron chi connectivity index (χ1n) is 8.24. The second-order valence-corrected chi connectivity index (χ2v) is 6.67. The van der Waals surface area contributed by atoms with Crippen molar-refractivity contribution in [3.05, 3.63) is 76.6 Å². The van der Waals surface area contributed by atoms with Crippen molar-refractivity contribution in [3.63, 3.8) is 0 Å². The molecule has 0 unspecified atom stereocenters. The molecule has 2 heterocycles. The largest absolute Gasteiger partial charge is 0.233 e. The van der Waals surface area contributed by atoms with Crippen LogP contribution in [0.1, 0.15) is 17.0 Å². The predicted octanol–water partition coefficient (Wildman–Crippen LogP) is 5.67. The second kappa shape index (κ2) is 6.01. The van der Waals surface area contributed by atoms with Crippen LogP contribution in [0.25, 0.3) is 27.8 Å². The summed E-state index contributed by atoms with van der Waals surface area (Å²) in [5.74, 6) is 0. The first kappa shape index (κ1) is 15.9. The van der Waals surface area contributed by atoms with E-state index in [2.05, 4.69) is 6.92 Å². The van der Waals surface area contributed by atoms with Gasteiger partial charge in [0, 0.05) is 21.7 Å². The van der Waals surface area contributed by atoms with Gasteiger partial charge >= 0.3 is 0 Å².